The quantitative estimate of drug-likeness (QED) is 0.575. The van der Waals surface area contributed by atoms with Crippen LogP contribution in [-0.4, -0.2) is 0 Å². The predicted molar refractivity (Wildman–Crippen MR) is 62.0 cm³/mol. The van der Waals surface area contributed by atoms with Crippen molar-refractivity contribution in [3.05, 3.63) is 0 Å². The highest BCUT2D eigenvalue weighted by Gasteiger charge is 2.37. The Morgan fingerprint density at radius 1 is 1.15 bits per heavy atom. The van der Waals surface area contributed by atoms with Gasteiger partial charge in [0.15, 0.2) is 0 Å². The third-order valence-corrected chi connectivity index (χ3v) is 3.27. The normalized spacial score (nSPS) is 31.6. The summed E-state index contributed by atoms with van der Waals surface area (Å²) in [6, 6.07) is 0. The molecule has 0 spiro atoms. The lowest BCUT2D eigenvalue weighted by Crippen LogP contribution is -2.33. The molecular weight excluding hydrogens is 156 g/mol. The monoisotopic (exact) mass is 184 g/mol. The molecule has 0 bridgehead atoms. The van der Waals surface area contributed by atoms with Crippen LogP contribution in [0.25, 0.3) is 0 Å². The predicted octanol–water partition coefficient (Wildman–Crippen LogP) is 5.03. The summed E-state index contributed by atoms with van der Waals surface area (Å²) in [5, 5.41) is 0. The first kappa shape index (κ1) is 13.0. The maximum absolute atomic E-state index is 2.47. The zero-order valence-corrected chi connectivity index (χ0v) is 10.3. The van der Waals surface area contributed by atoms with Crippen molar-refractivity contribution in [2.75, 3.05) is 0 Å². The zero-order chi connectivity index (χ0) is 10.3. The summed E-state index contributed by atoms with van der Waals surface area (Å²) >= 11 is 0. The summed E-state index contributed by atoms with van der Waals surface area (Å²) in [6.07, 6.45) is 8.69. The van der Waals surface area contributed by atoms with Gasteiger partial charge in [0, 0.05) is 0 Å². The first-order chi connectivity index (χ1) is 6.20. The minimum atomic E-state index is 0.747. The van der Waals surface area contributed by atoms with Crippen LogP contribution in [0, 0.1) is 11.3 Å². The average Bonchev–Trinajstić information content (AvgIpc) is 2.13. The van der Waals surface area contributed by atoms with E-state index in [1.165, 1.54) is 38.5 Å². The molecule has 0 aromatic heterocycles. The third-order valence-electron chi connectivity index (χ3n) is 3.27. The maximum atomic E-state index is 2.47. The van der Waals surface area contributed by atoms with Crippen molar-refractivity contribution in [1.82, 2.24) is 0 Å². The van der Waals surface area contributed by atoms with E-state index in [0.29, 0.717) is 0 Å². The second-order valence-electron chi connectivity index (χ2n) is 4.60. The van der Waals surface area contributed by atoms with Crippen LogP contribution in [0.2, 0.25) is 0 Å². The molecule has 0 N–H and O–H groups in total. The van der Waals surface area contributed by atoms with E-state index >= 15 is 0 Å². The lowest BCUT2D eigenvalue weighted by atomic mass is 9.60. The summed E-state index contributed by atoms with van der Waals surface area (Å²) < 4.78 is 0. The molecule has 0 nitrogen and oxygen atoms in total. The molecule has 1 saturated carbocycles. The van der Waals surface area contributed by atoms with Crippen molar-refractivity contribution in [1.29, 1.82) is 0 Å². The Morgan fingerprint density at radius 3 is 2.08 bits per heavy atom. The van der Waals surface area contributed by atoms with E-state index in [1.807, 2.05) is 13.8 Å². The van der Waals surface area contributed by atoms with Gasteiger partial charge >= 0.3 is 0 Å². The minimum absolute atomic E-state index is 0.747. The maximum Gasteiger partial charge on any atom is -0.0321 e. The molecule has 0 heteroatoms. The van der Waals surface area contributed by atoms with Gasteiger partial charge in [0.25, 0.3) is 0 Å². The van der Waals surface area contributed by atoms with Crippen LogP contribution >= 0.6 is 0 Å². The van der Waals surface area contributed by atoms with Crippen LogP contribution in [-0.2, 0) is 0 Å². The van der Waals surface area contributed by atoms with E-state index in [9.17, 15) is 0 Å². The molecule has 0 amide bonds. The van der Waals surface area contributed by atoms with E-state index < -0.39 is 0 Å². The van der Waals surface area contributed by atoms with Gasteiger partial charge in [0.1, 0.15) is 0 Å². The Labute approximate surface area is 85.1 Å². The lowest BCUT2D eigenvalue weighted by molar-refractivity contribution is 0.0604. The molecule has 13 heavy (non-hydrogen) atoms. The molecule has 1 aliphatic carbocycles. The summed E-state index contributed by atoms with van der Waals surface area (Å²) in [7, 11) is 0. The second kappa shape index (κ2) is 6.45. The molecule has 80 valence electrons. The van der Waals surface area contributed by atoms with Crippen LogP contribution in [0.4, 0.5) is 0 Å². The third kappa shape index (κ3) is 4.15. The van der Waals surface area contributed by atoms with Crippen molar-refractivity contribution in [2.45, 2.75) is 73.1 Å². The summed E-state index contributed by atoms with van der Waals surface area (Å²) in [5.74, 6) is 1.07. The SMILES string of the molecule is CC.CCCCC1(C)CC(CC)C1. The van der Waals surface area contributed by atoms with Gasteiger partial charge in [-0.3, -0.25) is 0 Å². The highest BCUT2D eigenvalue weighted by molar-refractivity contribution is 4.89. The molecule has 1 rings (SSSR count). The molecule has 1 fully saturated rings. The standard InChI is InChI=1S/C11H22.C2H6/c1-4-6-7-11(3)8-10(5-2)9-11;1-2/h10H,4-9H2,1-3H3;1-2H3. The molecular formula is C13H28. The van der Waals surface area contributed by atoms with Crippen molar-refractivity contribution in [2.24, 2.45) is 11.3 Å². The minimum Gasteiger partial charge on any atom is -0.0683 e. The molecule has 1 aliphatic rings. The Kier molecular flexibility index (Phi) is 6.45. The Bertz CT molecular complexity index is 104. The first-order valence-electron chi connectivity index (χ1n) is 6.20. The van der Waals surface area contributed by atoms with E-state index in [-0.39, 0.29) is 0 Å². The number of hydrogen-bond donors (Lipinski definition) is 0. The molecule has 0 radical (unpaired) electrons. The van der Waals surface area contributed by atoms with Crippen LogP contribution in [0.5, 0.6) is 0 Å². The molecule has 0 heterocycles. The Morgan fingerprint density at radius 2 is 1.69 bits per heavy atom. The fourth-order valence-corrected chi connectivity index (χ4v) is 2.43. The van der Waals surface area contributed by atoms with Crippen molar-refractivity contribution >= 4 is 0 Å². The second-order valence-corrected chi connectivity index (χ2v) is 4.60. The van der Waals surface area contributed by atoms with Gasteiger partial charge in [-0.15, -0.1) is 0 Å². The lowest BCUT2D eigenvalue weighted by Gasteiger charge is -2.45. The smallest absolute Gasteiger partial charge is 0.0321 e. The summed E-state index contributed by atoms with van der Waals surface area (Å²) in [5.41, 5.74) is 0.747. The summed E-state index contributed by atoms with van der Waals surface area (Å²) in [6.45, 7) is 11.1. The fourth-order valence-electron chi connectivity index (χ4n) is 2.43. The average molecular weight is 184 g/mol. The van der Waals surface area contributed by atoms with Crippen LogP contribution in [0.1, 0.15) is 73.1 Å². The van der Waals surface area contributed by atoms with Crippen LogP contribution in [0.15, 0.2) is 0 Å². The molecule has 0 aromatic carbocycles. The first-order valence-corrected chi connectivity index (χ1v) is 6.20. The van der Waals surface area contributed by atoms with Crippen molar-refractivity contribution < 1.29 is 0 Å². The molecule has 0 aliphatic heterocycles. The number of rotatable bonds is 4. The van der Waals surface area contributed by atoms with Gasteiger partial charge in [0.2, 0.25) is 0 Å². The van der Waals surface area contributed by atoms with E-state index in [1.54, 1.807) is 0 Å². The van der Waals surface area contributed by atoms with Gasteiger partial charge < -0.3 is 0 Å². The largest absolute Gasteiger partial charge is 0.0683 e. The fraction of sp³-hybridized carbons (Fsp3) is 1.00. The van der Waals surface area contributed by atoms with Gasteiger partial charge in [-0.25, -0.2) is 0 Å². The van der Waals surface area contributed by atoms with Gasteiger partial charge in [0.05, 0.1) is 0 Å². The van der Waals surface area contributed by atoms with E-state index in [4.69, 9.17) is 0 Å². The Balaban J connectivity index is 0.000000671. The number of unbranched alkanes of at least 4 members (excludes halogenated alkanes) is 1. The van der Waals surface area contributed by atoms with Gasteiger partial charge in [-0.05, 0) is 30.6 Å². The number of hydrogen-bond acceptors (Lipinski definition) is 0. The zero-order valence-electron chi connectivity index (χ0n) is 10.3. The van der Waals surface area contributed by atoms with Gasteiger partial charge in [-0.1, -0.05) is 53.9 Å². The molecule has 0 aromatic rings. The van der Waals surface area contributed by atoms with Crippen molar-refractivity contribution in [3.63, 3.8) is 0 Å². The highest BCUT2D eigenvalue weighted by Crippen LogP contribution is 2.49. The molecule has 0 unspecified atom stereocenters. The van der Waals surface area contributed by atoms with Crippen LogP contribution in [0.3, 0.4) is 0 Å². The highest BCUT2D eigenvalue weighted by atomic mass is 14.4. The topological polar surface area (TPSA) is 0 Å². The molecule has 0 saturated heterocycles. The molecule has 0 atom stereocenters. The van der Waals surface area contributed by atoms with Crippen molar-refractivity contribution in [3.8, 4) is 0 Å². The van der Waals surface area contributed by atoms with E-state index in [0.717, 1.165) is 11.3 Å². The van der Waals surface area contributed by atoms with Crippen LogP contribution < -0.4 is 0 Å². The summed E-state index contributed by atoms with van der Waals surface area (Å²) in [4.78, 5) is 0. The van der Waals surface area contributed by atoms with Gasteiger partial charge in [-0.2, -0.15) is 0 Å². The Hall–Kier alpha value is 0. The van der Waals surface area contributed by atoms with E-state index in [2.05, 4.69) is 20.8 Å².